The van der Waals surface area contributed by atoms with Crippen LogP contribution in [0.1, 0.15) is 26.6 Å². The van der Waals surface area contributed by atoms with Gasteiger partial charge < -0.3 is 24.2 Å². The Labute approximate surface area is 169 Å². The summed E-state index contributed by atoms with van der Waals surface area (Å²) in [6.45, 7) is 5.69. The minimum Gasteiger partial charge on any atom is -0.497 e. The van der Waals surface area contributed by atoms with Crippen molar-refractivity contribution in [3.8, 4) is 11.5 Å². The molecule has 9 nitrogen and oxygen atoms in total. The highest BCUT2D eigenvalue weighted by atomic mass is 16.5. The van der Waals surface area contributed by atoms with Crippen LogP contribution in [0.2, 0.25) is 0 Å². The first-order valence-electron chi connectivity index (χ1n) is 9.46. The molecule has 0 bridgehead atoms. The Kier molecular flexibility index (Phi) is 6.71. The lowest BCUT2D eigenvalue weighted by Crippen LogP contribution is -2.50. The molecule has 0 saturated carbocycles. The smallest absolute Gasteiger partial charge is 0.276 e. The number of ether oxygens (including phenoxy) is 2. The number of benzene rings is 1. The predicted molar refractivity (Wildman–Crippen MR) is 105 cm³/mol. The number of hydrogen-bond acceptors (Lipinski definition) is 7. The van der Waals surface area contributed by atoms with Crippen LogP contribution in [0.4, 0.5) is 0 Å². The van der Waals surface area contributed by atoms with Gasteiger partial charge in [-0.25, -0.2) is 0 Å². The van der Waals surface area contributed by atoms with Gasteiger partial charge in [-0.3, -0.25) is 14.5 Å². The quantitative estimate of drug-likeness (QED) is 0.743. The third-order valence-electron chi connectivity index (χ3n) is 4.83. The van der Waals surface area contributed by atoms with E-state index in [9.17, 15) is 9.59 Å². The maximum absolute atomic E-state index is 12.4. The number of nitrogens with one attached hydrogen (secondary N) is 1. The molecule has 1 aliphatic heterocycles. The number of piperazine rings is 1. The second kappa shape index (κ2) is 9.42. The van der Waals surface area contributed by atoms with Gasteiger partial charge in [0.05, 0.1) is 14.2 Å². The average Bonchev–Trinajstić information content (AvgIpc) is 3.19. The van der Waals surface area contributed by atoms with Crippen molar-refractivity contribution in [2.45, 2.75) is 6.92 Å². The SMILES string of the molecule is COc1cc(OC)cc(C(=O)NCCN2CCN(C(=O)c3cc(C)on3)CC2)c1. The minimum atomic E-state index is -0.183. The van der Waals surface area contributed by atoms with Gasteiger partial charge in [0.2, 0.25) is 0 Å². The van der Waals surface area contributed by atoms with Gasteiger partial charge in [0, 0.05) is 57.0 Å². The summed E-state index contributed by atoms with van der Waals surface area (Å²) in [7, 11) is 3.09. The van der Waals surface area contributed by atoms with Gasteiger partial charge in [0.25, 0.3) is 11.8 Å². The zero-order valence-electron chi connectivity index (χ0n) is 16.9. The van der Waals surface area contributed by atoms with Crippen molar-refractivity contribution in [1.29, 1.82) is 0 Å². The number of carbonyl (C=O) groups is 2. The van der Waals surface area contributed by atoms with E-state index in [-0.39, 0.29) is 11.8 Å². The molecular weight excluding hydrogens is 376 g/mol. The first-order valence-corrected chi connectivity index (χ1v) is 9.46. The third kappa shape index (κ3) is 5.26. The maximum Gasteiger partial charge on any atom is 0.276 e. The monoisotopic (exact) mass is 402 g/mol. The van der Waals surface area contributed by atoms with Gasteiger partial charge in [-0.1, -0.05) is 5.16 Å². The van der Waals surface area contributed by atoms with Gasteiger partial charge in [-0.15, -0.1) is 0 Å². The summed E-state index contributed by atoms with van der Waals surface area (Å²) in [6, 6.07) is 6.72. The normalized spacial score (nSPS) is 14.5. The molecule has 29 heavy (non-hydrogen) atoms. The molecule has 2 heterocycles. The largest absolute Gasteiger partial charge is 0.497 e. The molecule has 1 N–H and O–H groups in total. The van der Waals surface area contributed by atoms with E-state index in [1.807, 2.05) is 0 Å². The third-order valence-corrected chi connectivity index (χ3v) is 4.83. The molecule has 1 aliphatic rings. The number of aryl methyl sites for hydroxylation is 1. The van der Waals surface area contributed by atoms with Crippen LogP contribution in [-0.2, 0) is 0 Å². The van der Waals surface area contributed by atoms with E-state index >= 15 is 0 Å². The molecule has 1 fully saturated rings. The number of amides is 2. The molecule has 3 rings (SSSR count). The van der Waals surface area contributed by atoms with Gasteiger partial charge in [0.15, 0.2) is 5.69 Å². The predicted octanol–water partition coefficient (Wildman–Crippen LogP) is 1.19. The summed E-state index contributed by atoms with van der Waals surface area (Å²) in [5.41, 5.74) is 0.830. The second-order valence-electron chi connectivity index (χ2n) is 6.81. The van der Waals surface area contributed by atoms with Gasteiger partial charge in [-0.2, -0.15) is 0 Å². The van der Waals surface area contributed by atoms with Crippen molar-refractivity contribution in [1.82, 2.24) is 20.3 Å². The van der Waals surface area contributed by atoms with Crippen molar-refractivity contribution in [3.63, 3.8) is 0 Å². The molecule has 0 unspecified atom stereocenters. The number of methoxy groups -OCH3 is 2. The lowest BCUT2D eigenvalue weighted by atomic mass is 10.2. The molecule has 9 heteroatoms. The Morgan fingerprint density at radius 3 is 2.28 bits per heavy atom. The lowest BCUT2D eigenvalue weighted by Gasteiger charge is -2.34. The van der Waals surface area contributed by atoms with Crippen LogP contribution in [0.5, 0.6) is 11.5 Å². The number of nitrogens with zero attached hydrogens (tertiary/aromatic N) is 3. The summed E-state index contributed by atoms with van der Waals surface area (Å²) < 4.78 is 15.4. The highest BCUT2D eigenvalue weighted by molar-refractivity contribution is 5.95. The Hall–Kier alpha value is -3.07. The summed E-state index contributed by atoms with van der Waals surface area (Å²) in [4.78, 5) is 28.8. The maximum atomic E-state index is 12.4. The van der Waals surface area contributed by atoms with Crippen molar-refractivity contribution in [2.75, 3.05) is 53.5 Å². The van der Waals surface area contributed by atoms with Crippen molar-refractivity contribution in [3.05, 3.63) is 41.3 Å². The Morgan fingerprint density at radius 2 is 1.72 bits per heavy atom. The molecule has 1 aromatic heterocycles. The fourth-order valence-corrected chi connectivity index (χ4v) is 3.17. The summed E-state index contributed by atoms with van der Waals surface area (Å²) >= 11 is 0. The lowest BCUT2D eigenvalue weighted by molar-refractivity contribution is 0.0628. The van der Waals surface area contributed by atoms with Crippen LogP contribution in [0, 0.1) is 6.92 Å². The van der Waals surface area contributed by atoms with Crippen molar-refractivity contribution >= 4 is 11.8 Å². The van der Waals surface area contributed by atoms with Crippen LogP contribution in [0.15, 0.2) is 28.8 Å². The van der Waals surface area contributed by atoms with Crippen LogP contribution in [0.3, 0.4) is 0 Å². The van der Waals surface area contributed by atoms with Crippen LogP contribution < -0.4 is 14.8 Å². The van der Waals surface area contributed by atoms with Crippen LogP contribution in [-0.4, -0.2) is 80.3 Å². The van der Waals surface area contributed by atoms with Gasteiger partial charge >= 0.3 is 0 Å². The number of aromatic nitrogens is 1. The molecular formula is C20H26N4O5. The topological polar surface area (TPSA) is 97.1 Å². The number of rotatable bonds is 7. The van der Waals surface area contributed by atoms with Crippen molar-refractivity contribution < 1.29 is 23.6 Å². The molecule has 156 valence electrons. The van der Waals surface area contributed by atoms with E-state index in [1.165, 1.54) is 0 Å². The number of hydrogen-bond donors (Lipinski definition) is 1. The molecule has 0 radical (unpaired) electrons. The zero-order chi connectivity index (χ0) is 20.8. The highest BCUT2D eigenvalue weighted by Gasteiger charge is 2.24. The van der Waals surface area contributed by atoms with E-state index in [2.05, 4.69) is 15.4 Å². The fourth-order valence-electron chi connectivity index (χ4n) is 3.17. The van der Waals surface area contributed by atoms with E-state index in [4.69, 9.17) is 14.0 Å². The Balaban J connectivity index is 1.44. The molecule has 1 aromatic carbocycles. The second-order valence-corrected chi connectivity index (χ2v) is 6.81. The standard InChI is InChI=1S/C20H26N4O5/c1-14-10-18(22-29-14)20(26)24-8-6-23(7-9-24)5-4-21-19(25)15-11-16(27-2)13-17(12-15)28-3/h10-13H,4-9H2,1-3H3,(H,21,25). The molecule has 1 saturated heterocycles. The molecule has 0 spiro atoms. The highest BCUT2D eigenvalue weighted by Crippen LogP contribution is 2.22. The minimum absolute atomic E-state index is 0.109. The molecule has 2 aromatic rings. The van der Waals surface area contributed by atoms with E-state index in [0.717, 1.165) is 13.1 Å². The Morgan fingerprint density at radius 1 is 1.07 bits per heavy atom. The van der Waals surface area contributed by atoms with E-state index < -0.39 is 0 Å². The summed E-state index contributed by atoms with van der Waals surface area (Å²) in [5, 5.41) is 6.70. The first kappa shape index (κ1) is 20.7. The van der Waals surface area contributed by atoms with E-state index in [0.29, 0.717) is 54.7 Å². The van der Waals surface area contributed by atoms with Crippen molar-refractivity contribution in [2.24, 2.45) is 0 Å². The molecule has 0 atom stereocenters. The Bertz CT molecular complexity index is 836. The molecule has 2 amide bonds. The van der Waals surface area contributed by atoms with Crippen LogP contribution >= 0.6 is 0 Å². The number of carbonyl (C=O) groups excluding carboxylic acids is 2. The molecule has 0 aliphatic carbocycles. The average molecular weight is 402 g/mol. The summed E-state index contributed by atoms with van der Waals surface area (Å²) in [6.07, 6.45) is 0. The first-order chi connectivity index (χ1) is 14.0. The zero-order valence-corrected chi connectivity index (χ0v) is 16.9. The van der Waals surface area contributed by atoms with Gasteiger partial charge in [-0.05, 0) is 19.1 Å². The van der Waals surface area contributed by atoms with Gasteiger partial charge in [0.1, 0.15) is 17.3 Å². The summed E-state index contributed by atoms with van der Waals surface area (Å²) in [5.74, 6) is 1.46. The van der Waals surface area contributed by atoms with Crippen LogP contribution in [0.25, 0.3) is 0 Å². The van der Waals surface area contributed by atoms with E-state index in [1.54, 1.807) is 50.3 Å². The fraction of sp³-hybridized carbons (Fsp3) is 0.450.